The average molecular weight is 391 g/mol. The molecule has 0 atom stereocenters. The summed E-state index contributed by atoms with van der Waals surface area (Å²) in [7, 11) is 0. The molecule has 0 bridgehead atoms. The molecule has 0 N–H and O–H groups in total. The largest absolute Gasteiger partial charge is 0.256 e. The van der Waals surface area contributed by atoms with E-state index < -0.39 is 0 Å². The van der Waals surface area contributed by atoms with E-state index in [0.29, 0.717) is 0 Å². The minimum absolute atomic E-state index is 0.817. The SMILES string of the molecule is Brc1ccc(-c2ccc(-c3ccc(Br)nc3)nc2)nc1. The molecule has 3 aromatic rings. The maximum Gasteiger partial charge on any atom is 0.106 e. The van der Waals surface area contributed by atoms with Gasteiger partial charge in [0.1, 0.15) is 4.60 Å². The minimum Gasteiger partial charge on any atom is -0.256 e. The zero-order chi connectivity index (χ0) is 13.9. The zero-order valence-corrected chi connectivity index (χ0v) is 13.5. The Labute approximate surface area is 133 Å². The molecule has 20 heavy (non-hydrogen) atoms. The molecule has 0 saturated heterocycles. The van der Waals surface area contributed by atoms with Crippen molar-refractivity contribution in [3.05, 3.63) is 64.1 Å². The van der Waals surface area contributed by atoms with Gasteiger partial charge >= 0.3 is 0 Å². The molecule has 3 rings (SSSR count). The van der Waals surface area contributed by atoms with Crippen LogP contribution in [0.4, 0.5) is 0 Å². The number of pyridine rings is 3. The van der Waals surface area contributed by atoms with Gasteiger partial charge in [-0.2, -0.15) is 0 Å². The Balaban J connectivity index is 1.91. The van der Waals surface area contributed by atoms with Crippen LogP contribution in [0.5, 0.6) is 0 Å². The summed E-state index contributed by atoms with van der Waals surface area (Å²) >= 11 is 6.70. The van der Waals surface area contributed by atoms with E-state index in [0.717, 1.165) is 31.6 Å². The second kappa shape index (κ2) is 5.81. The average Bonchev–Trinajstić information content (AvgIpc) is 2.49. The standard InChI is InChI=1S/C15H9Br2N3/c16-12-3-5-14(19-9-12)10-1-4-13(18-7-10)11-2-6-15(17)20-8-11/h1-9H. The first kappa shape index (κ1) is 13.4. The second-order valence-electron chi connectivity index (χ2n) is 4.16. The van der Waals surface area contributed by atoms with Crippen molar-refractivity contribution in [3.63, 3.8) is 0 Å². The second-order valence-corrected chi connectivity index (χ2v) is 5.89. The van der Waals surface area contributed by atoms with Gasteiger partial charge in [-0.3, -0.25) is 9.97 Å². The highest BCUT2D eigenvalue weighted by Gasteiger charge is 2.03. The topological polar surface area (TPSA) is 38.7 Å². The molecule has 3 aromatic heterocycles. The van der Waals surface area contributed by atoms with E-state index >= 15 is 0 Å². The van der Waals surface area contributed by atoms with Gasteiger partial charge in [-0.1, -0.05) is 0 Å². The first-order valence-electron chi connectivity index (χ1n) is 5.92. The van der Waals surface area contributed by atoms with Gasteiger partial charge in [0.25, 0.3) is 0 Å². The van der Waals surface area contributed by atoms with Crippen LogP contribution in [0.15, 0.2) is 64.1 Å². The fourth-order valence-electron chi connectivity index (χ4n) is 1.79. The van der Waals surface area contributed by atoms with E-state index in [4.69, 9.17) is 0 Å². The molecule has 0 amide bonds. The molecule has 0 aromatic carbocycles. The molecule has 0 aliphatic carbocycles. The summed E-state index contributed by atoms with van der Waals surface area (Å²) in [6.45, 7) is 0. The van der Waals surface area contributed by atoms with E-state index in [1.165, 1.54) is 0 Å². The van der Waals surface area contributed by atoms with E-state index in [1.807, 2.05) is 42.6 Å². The zero-order valence-electron chi connectivity index (χ0n) is 10.3. The van der Waals surface area contributed by atoms with Crippen molar-refractivity contribution in [1.82, 2.24) is 15.0 Å². The van der Waals surface area contributed by atoms with Crippen LogP contribution in [0.2, 0.25) is 0 Å². The van der Waals surface area contributed by atoms with Crippen molar-refractivity contribution >= 4 is 31.9 Å². The van der Waals surface area contributed by atoms with Crippen molar-refractivity contribution in [3.8, 4) is 22.5 Å². The molecule has 3 heterocycles. The lowest BCUT2D eigenvalue weighted by molar-refractivity contribution is 1.24. The number of nitrogens with zero attached hydrogens (tertiary/aromatic N) is 3. The van der Waals surface area contributed by atoms with Gasteiger partial charge in [0, 0.05) is 34.2 Å². The number of hydrogen-bond donors (Lipinski definition) is 0. The molecule has 3 nitrogen and oxygen atoms in total. The van der Waals surface area contributed by atoms with Gasteiger partial charge in [-0.15, -0.1) is 0 Å². The molecule has 0 unspecified atom stereocenters. The Hall–Kier alpha value is -1.59. The van der Waals surface area contributed by atoms with Crippen molar-refractivity contribution in [2.45, 2.75) is 0 Å². The van der Waals surface area contributed by atoms with Crippen molar-refractivity contribution in [1.29, 1.82) is 0 Å². The lowest BCUT2D eigenvalue weighted by atomic mass is 10.1. The lowest BCUT2D eigenvalue weighted by Crippen LogP contribution is -1.88. The third kappa shape index (κ3) is 2.94. The summed E-state index contributed by atoms with van der Waals surface area (Å²) in [5, 5.41) is 0. The van der Waals surface area contributed by atoms with Gasteiger partial charge in [-0.25, -0.2) is 4.98 Å². The maximum atomic E-state index is 4.47. The minimum atomic E-state index is 0.817. The third-order valence-electron chi connectivity index (χ3n) is 2.81. The number of aromatic nitrogens is 3. The third-order valence-corrected chi connectivity index (χ3v) is 3.75. The normalized spacial score (nSPS) is 10.5. The highest BCUT2D eigenvalue weighted by atomic mass is 79.9. The van der Waals surface area contributed by atoms with E-state index in [-0.39, 0.29) is 0 Å². The van der Waals surface area contributed by atoms with Crippen LogP contribution in [-0.4, -0.2) is 15.0 Å². The Morgan fingerprint density at radius 1 is 0.600 bits per heavy atom. The van der Waals surface area contributed by atoms with Crippen LogP contribution in [0.3, 0.4) is 0 Å². The highest BCUT2D eigenvalue weighted by Crippen LogP contribution is 2.22. The summed E-state index contributed by atoms with van der Waals surface area (Å²) < 4.78 is 1.78. The number of rotatable bonds is 2. The molecular weight excluding hydrogens is 382 g/mol. The van der Waals surface area contributed by atoms with Crippen LogP contribution >= 0.6 is 31.9 Å². The summed E-state index contributed by atoms with van der Waals surface area (Å²) in [4.78, 5) is 13.0. The first-order valence-corrected chi connectivity index (χ1v) is 7.51. The van der Waals surface area contributed by atoms with Crippen LogP contribution in [0.25, 0.3) is 22.5 Å². The van der Waals surface area contributed by atoms with Crippen LogP contribution in [0, 0.1) is 0 Å². The molecule has 0 radical (unpaired) electrons. The highest BCUT2D eigenvalue weighted by molar-refractivity contribution is 9.10. The fraction of sp³-hybridized carbons (Fsp3) is 0. The van der Waals surface area contributed by atoms with Gasteiger partial charge < -0.3 is 0 Å². The van der Waals surface area contributed by atoms with Crippen LogP contribution in [0.1, 0.15) is 0 Å². The van der Waals surface area contributed by atoms with E-state index in [2.05, 4.69) is 46.8 Å². The van der Waals surface area contributed by atoms with E-state index in [9.17, 15) is 0 Å². The van der Waals surface area contributed by atoms with Gasteiger partial charge in [0.15, 0.2) is 0 Å². The summed E-state index contributed by atoms with van der Waals surface area (Å²) in [5.41, 5.74) is 3.78. The molecule has 0 fully saturated rings. The maximum absolute atomic E-state index is 4.47. The number of hydrogen-bond acceptors (Lipinski definition) is 3. The van der Waals surface area contributed by atoms with Crippen molar-refractivity contribution in [2.75, 3.05) is 0 Å². The van der Waals surface area contributed by atoms with Crippen LogP contribution in [-0.2, 0) is 0 Å². The van der Waals surface area contributed by atoms with Gasteiger partial charge in [0.2, 0.25) is 0 Å². The van der Waals surface area contributed by atoms with Crippen molar-refractivity contribution in [2.24, 2.45) is 0 Å². The summed E-state index contributed by atoms with van der Waals surface area (Å²) in [5.74, 6) is 0. The molecule has 5 heteroatoms. The Morgan fingerprint density at radius 3 is 1.70 bits per heavy atom. The first-order chi connectivity index (χ1) is 9.72. The van der Waals surface area contributed by atoms with Crippen molar-refractivity contribution < 1.29 is 0 Å². The quantitative estimate of drug-likeness (QED) is 0.593. The molecule has 0 saturated carbocycles. The predicted octanol–water partition coefficient (Wildman–Crippen LogP) is 4.73. The molecule has 98 valence electrons. The van der Waals surface area contributed by atoms with Gasteiger partial charge in [0.05, 0.1) is 11.4 Å². The monoisotopic (exact) mass is 389 g/mol. The number of halogens is 2. The molecule has 0 aliphatic rings. The molecular formula is C15H9Br2N3. The summed E-state index contributed by atoms with van der Waals surface area (Å²) in [6, 6.07) is 11.8. The fourth-order valence-corrected chi connectivity index (χ4v) is 2.26. The molecule has 0 spiro atoms. The smallest absolute Gasteiger partial charge is 0.106 e. The molecule has 0 aliphatic heterocycles. The lowest BCUT2D eigenvalue weighted by Gasteiger charge is -2.03. The van der Waals surface area contributed by atoms with E-state index in [1.54, 1.807) is 12.4 Å². The Bertz CT molecular complexity index is 643. The predicted molar refractivity (Wildman–Crippen MR) is 86.1 cm³/mol. The Morgan fingerprint density at radius 2 is 1.20 bits per heavy atom. The Kier molecular flexibility index (Phi) is 3.89. The summed E-state index contributed by atoms with van der Waals surface area (Å²) in [6.07, 6.45) is 5.40. The van der Waals surface area contributed by atoms with Gasteiger partial charge in [-0.05, 0) is 68.3 Å². The van der Waals surface area contributed by atoms with Crippen LogP contribution < -0.4 is 0 Å².